The van der Waals surface area contributed by atoms with E-state index in [2.05, 4.69) is 15.3 Å². The number of ether oxygens (including phenoxy) is 2. The molecule has 1 N–H and O–H groups in total. The molecule has 1 aliphatic carbocycles. The van der Waals surface area contributed by atoms with E-state index < -0.39 is 4.92 Å². The predicted molar refractivity (Wildman–Crippen MR) is 69.7 cm³/mol. The number of nitrogens with zero attached hydrogens (tertiary/aromatic N) is 3. The number of aromatic nitrogens is 2. The summed E-state index contributed by atoms with van der Waals surface area (Å²) in [6.07, 6.45) is 4.53. The van der Waals surface area contributed by atoms with Crippen molar-refractivity contribution in [1.29, 1.82) is 0 Å². The molecule has 0 spiro atoms. The molecule has 8 heteroatoms. The van der Waals surface area contributed by atoms with E-state index in [1.54, 1.807) is 0 Å². The Labute approximate surface area is 115 Å². The largest absolute Gasteiger partial charge is 0.476 e. The van der Waals surface area contributed by atoms with Gasteiger partial charge < -0.3 is 14.8 Å². The Bertz CT molecular complexity index is 520. The Morgan fingerprint density at radius 2 is 2.25 bits per heavy atom. The third-order valence-electron chi connectivity index (χ3n) is 3.71. The summed E-state index contributed by atoms with van der Waals surface area (Å²) < 4.78 is 10.6. The van der Waals surface area contributed by atoms with Crippen LogP contribution in [0.2, 0.25) is 0 Å². The van der Waals surface area contributed by atoms with Crippen molar-refractivity contribution in [3.05, 3.63) is 16.4 Å². The summed E-state index contributed by atoms with van der Waals surface area (Å²) in [6, 6.07) is 0.0563. The van der Waals surface area contributed by atoms with Crippen molar-refractivity contribution < 1.29 is 14.4 Å². The molecule has 8 nitrogen and oxygen atoms in total. The molecule has 1 aromatic rings. The van der Waals surface area contributed by atoms with Gasteiger partial charge in [0, 0.05) is 6.61 Å². The zero-order valence-electron chi connectivity index (χ0n) is 11.1. The van der Waals surface area contributed by atoms with Gasteiger partial charge in [-0.1, -0.05) is 0 Å². The maximum Gasteiger partial charge on any atom is 0.372 e. The van der Waals surface area contributed by atoms with Crippen molar-refractivity contribution in [3.8, 4) is 5.88 Å². The Hall–Kier alpha value is -1.96. The van der Waals surface area contributed by atoms with E-state index in [0.29, 0.717) is 12.5 Å². The maximum atomic E-state index is 11.2. The molecule has 108 valence electrons. The van der Waals surface area contributed by atoms with Crippen LogP contribution in [0.15, 0.2) is 6.33 Å². The van der Waals surface area contributed by atoms with Gasteiger partial charge in [-0.2, -0.15) is 4.98 Å². The van der Waals surface area contributed by atoms with Crippen LogP contribution in [0.4, 0.5) is 11.5 Å². The van der Waals surface area contributed by atoms with E-state index in [9.17, 15) is 10.1 Å². The van der Waals surface area contributed by atoms with Crippen LogP contribution in [0.3, 0.4) is 0 Å². The van der Waals surface area contributed by atoms with Gasteiger partial charge >= 0.3 is 5.69 Å². The van der Waals surface area contributed by atoms with Crippen LogP contribution in [0.1, 0.15) is 19.3 Å². The van der Waals surface area contributed by atoms with Gasteiger partial charge in [0.2, 0.25) is 5.82 Å². The smallest absolute Gasteiger partial charge is 0.372 e. The summed E-state index contributed by atoms with van der Waals surface area (Å²) in [7, 11) is 1.35. The first kappa shape index (κ1) is 13.0. The van der Waals surface area contributed by atoms with Crippen molar-refractivity contribution in [2.24, 2.45) is 5.92 Å². The number of methoxy groups -OCH3 is 1. The predicted octanol–water partition coefficient (Wildman–Crippen LogP) is 1.37. The zero-order chi connectivity index (χ0) is 14.1. The monoisotopic (exact) mass is 280 g/mol. The lowest BCUT2D eigenvalue weighted by molar-refractivity contribution is -0.385. The SMILES string of the molecule is COc1ncnc(NC2CCOC2C2CC2)c1[N+](=O)[O-]. The highest BCUT2D eigenvalue weighted by molar-refractivity contribution is 5.61. The number of rotatable bonds is 5. The van der Waals surface area contributed by atoms with Crippen molar-refractivity contribution in [1.82, 2.24) is 9.97 Å². The average Bonchev–Trinajstić information content (AvgIpc) is 3.18. The van der Waals surface area contributed by atoms with Gasteiger partial charge in [-0.15, -0.1) is 0 Å². The Balaban J connectivity index is 1.84. The van der Waals surface area contributed by atoms with E-state index >= 15 is 0 Å². The molecule has 2 aliphatic rings. The third kappa shape index (κ3) is 2.38. The summed E-state index contributed by atoms with van der Waals surface area (Å²) in [6.45, 7) is 0.675. The van der Waals surface area contributed by atoms with E-state index in [1.807, 2.05) is 0 Å². The zero-order valence-corrected chi connectivity index (χ0v) is 11.1. The van der Waals surface area contributed by atoms with E-state index in [4.69, 9.17) is 9.47 Å². The first-order valence-electron chi connectivity index (χ1n) is 6.62. The highest BCUT2D eigenvalue weighted by Crippen LogP contribution is 2.40. The summed E-state index contributed by atoms with van der Waals surface area (Å²) in [4.78, 5) is 18.4. The molecule has 0 amide bonds. The molecule has 2 fully saturated rings. The molecule has 2 unspecified atom stereocenters. The van der Waals surface area contributed by atoms with E-state index in [-0.39, 0.29) is 29.5 Å². The van der Waals surface area contributed by atoms with Crippen molar-refractivity contribution in [2.45, 2.75) is 31.4 Å². The Morgan fingerprint density at radius 1 is 1.45 bits per heavy atom. The summed E-state index contributed by atoms with van der Waals surface area (Å²) in [5, 5.41) is 14.3. The fourth-order valence-corrected chi connectivity index (χ4v) is 2.61. The Kier molecular flexibility index (Phi) is 3.39. The lowest BCUT2D eigenvalue weighted by Crippen LogP contribution is -2.31. The van der Waals surface area contributed by atoms with Gasteiger partial charge in [0.25, 0.3) is 5.88 Å². The highest BCUT2D eigenvalue weighted by atomic mass is 16.6. The maximum absolute atomic E-state index is 11.2. The third-order valence-corrected chi connectivity index (χ3v) is 3.71. The van der Waals surface area contributed by atoms with Crippen molar-refractivity contribution in [3.63, 3.8) is 0 Å². The minimum absolute atomic E-state index is 0.0330. The molecule has 2 heterocycles. The number of hydrogen-bond donors (Lipinski definition) is 1. The number of hydrogen-bond acceptors (Lipinski definition) is 7. The highest BCUT2D eigenvalue weighted by Gasteiger charge is 2.41. The Morgan fingerprint density at radius 3 is 2.90 bits per heavy atom. The minimum atomic E-state index is -0.525. The second kappa shape index (κ2) is 5.20. The van der Waals surface area contributed by atoms with Crippen LogP contribution >= 0.6 is 0 Å². The number of nitrogens with one attached hydrogen (secondary N) is 1. The topological polar surface area (TPSA) is 99.4 Å². The second-order valence-corrected chi connectivity index (χ2v) is 5.05. The fraction of sp³-hybridized carbons (Fsp3) is 0.667. The molecule has 1 aromatic heterocycles. The van der Waals surface area contributed by atoms with Gasteiger partial charge in [-0.05, 0) is 25.2 Å². The summed E-state index contributed by atoms with van der Waals surface area (Å²) in [5.41, 5.74) is -0.226. The molecule has 20 heavy (non-hydrogen) atoms. The van der Waals surface area contributed by atoms with Gasteiger partial charge in [0.15, 0.2) is 0 Å². The molecule has 0 bridgehead atoms. The van der Waals surface area contributed by atoms with Crippen molar-refractivity contribution >= 4 is 11.5 Å². The van der Waals surface area contributed by atoms with Crippen LogP contribution in [0, 0.1) is 16.0 Å². The van der Waals surface area contributed by atoms with Crippen molar-refractivity contribution in [2.75, 3.05) is 19.0 Å². The minimum Gasteiger partial charge on any atom is -0.476 e. The van der Waals surface area contributed by atoms with Gasteiger partial charge in [0.1, 0.15) is 6.33 Å². The van der Waals surface area contributed by atoms with Crippen LogP contribution in [-0.4, -0.2) is 40.8 Å². The second-order valence-electron chi connectivity index (χ2n) is 5.05. The molecule has 1 saturated heterocycles. The molecule has 1 saturated carbocycles. The van der Waals surface area contributed by atoms with Crippen LogP contribution in [0.25, 0.3) is 0 Å². The molecule has 1 aliphatic heterocycles. The number of nitro groups is 1. The van der Waals surface area contributed by atoms with E-state index in [0.717, 1.165) is 19.3 Å². The van der Waals surface area contributed by atoms with Gasteiger partial charge in [0.05, 0.1) is 24.2 Å². The normalized spacial score (nSPS) is 25.4. The molecular formula is C12H16N4O4. The lowest BCUT2D eigenvalue weighted by Gasteiger charge is -2.19. The van der Waals surface area contributed by atoms with Gasteiger partial charge in [-0.25, -0.2) is 4.98 Å². The van der Waals surface area contributed by atoms with E-state index in [1.165, 1.54) is 13.4 Å². The molecule has 0 radical (unpaired) electrons. The summed E-state index contributed by atoms with van der Waals surface area (Å²) in [5.74, 6) is 0.732. The van der Waals surface area contributed by atoms with Crippen LogP contribution in [0.5, 0.6) is 5.88 Å². The standard InChI is InChI=1S/C12H16N4O4/c1-19-12-9(16(17)18)11(13-6-14-12)15-8-4-5-20-10(8)7-2-3-7/h6-8,10H,2-5H2,1H3,(H,13,14,15). The van der Waals surface area contributed by atoms with Crippen LogP contribution in [-0.2, 0) is 4.74 Å². The molecular weight excluding hydrogens is 264 g/mol. The molecule has 0 aromatic carbocycles. The lowest BCUT2D eigenvalue weighted by atomic mass is 10.1. The van der Waals surface area contributed by atoms with Gasteiger partial charge in [-0.3, -0.25) is 10.1 Å². The first-order valence-corrected chi connectivity index (χ1v) is 6.62. The average molecular weight is 280 g/mol. The quantitative estimate of drug-likeness (QED) is 0.642. The molecule has 2 atom stereocenters. The first-order chi connectivity index (χ1) is 9.70. The van der Waals surface area contributed by atoms with Crippen LogP contribution < -0.4 is 10.1 Å². The number of anilines is 1. The summed E-state index contributed by atoms with van der Waals surface area (Å²) >= 11 is 0. The molecule has 3 rings (SSSR count). The fourth-order valence-electron chi connectivity index (χ4n) is 2.61.